The minimum absolute atomic E-state index is 0.585. The Bertz CT molecular complexity index is 391. The van der Waals surface area contributed by atoms with E-state index >= 15 is 0 Å². The summed E-state index contributed by atoms with van der Waals surface area (Å²) in [4.78, 5) is 0. The zero-order valence-electron chi connectivity index (χ0n) is 8.86. The van der Waals surface area contributed by atoms with Crippen molar-refractivity contribution in [3.63, 3.8) is 0 Å². The van der Waals surface area contributed by atoms with E-state index in [2.05, 4.69) is 0 Å². The summed E-state index contributed by atoms with van der Waals surface area (Å²) in [7, 11) is 1.58. The second kappa shape index (κ2) is 5.71. The van der Waals surface area contributed by atoms with Crippen molar-refractivity contribution >= 4 is 6.08 Å². The topological polar surface area (TPSA) is 42.2 Å². The number of nitriles is 1. The molecule has 0 bridgehead atoms. The molecule has 1 rings (SSSR count). The molecule has 0 aromatic heterocycles. The first-order valence-electron chi connectivity index (χ1n) is 4.69. The van der Waals surface area contributed by atoms with Crippen molar-refractivity contribution in [3.05, 3.63) is 29.8 Å². The van der Waals surface area contributed by atoms with Crippen LogP contribution in [0.1, 0.15) is 12.5 Å². The van der Waals surface area contributed by atoms with Crippen molar-refractivity contribution in [1.82, 2.24) is 0 Å². The standard InChI is InChI=1S/C12H13NO2/c1-3-15-11-8-4-6-10(7-5-9-13)12(11)14-2/h4-8H,3H2,1-2H3/b7-5+. The second-order valence-electron chi connectivity index (χ2n) is 2.77. The Labute approximate surface area is 89.6 Å². The Morgan fingerprint density at radius 1 is 1.47 bits per heavy atom. The molecular weight excluding hydrogens is 190 g/mol. The predicted octanol–water partition coefficient (Wildman–Crippen LogP) is 2.63. The molecule has 1 aromatic carbocycles. The lowest BCUT2D eigenvalue weighted by atomic mass is 10.1. The number of methoxy groups -OCH3 is 1. The fourth-order valence-corrected chi connectivity index (χ4v) is 1.28. The molecule has 1 aromatic rings. The maximum atomic E-state index is 8.45. The number of hydrogen-bond donors (Lipinski definition) is 0. The average molecular weight is 203 g/mol. The summed E-state index contributed by atoms with van der Waals surface area (Å²) < 4.78 is 10.6. The SMILES string of the molecule is CCOc1cccc(/C=C/C#N)c1OC. The highest BCUT2D eigenvalue weighted by Crippen LogP contribution is 2.31. The third kappa shape index (κ3) is 2.75. The van der Waals surface area contributed by atoms with Gasteiger partial charge in [0, 0.05) is 11.6 Å². The van der Waals surface area contributed by atoms with Crippen molar-refractivity contribution in [3.8, 4) is 17.6 Å². The van der Waals surface area contributed by atoms with Crippen molar-refractivity contribution in [2.75, 3.05) is 13.7 Å². The molecule has 3 heteroatoms. The third-order valence-corrected chi connectivity index (χ3v) is 1.85. The highest BCUT2D eigenvalue weighted by molar-refractivity contribution is 5.63. The van der Waals surface area contributed by atoms with Gasteiger partial charge >= 0.3 is 0 Å². The van der Waals surface area contributed by atoms with E-state index in [0.29, 0.717) is 18.1 Å². The molecule has 0 spiro atoms. The molecule has 0 aliphatic carbocycles. The van der Waals surface area contributed by atoms with Gasteiger partial charge in [-0.15, -0.1) is 0 Å². The second-order valence-corrected chi connectivity index (χ2v) is 2.77. The van der Waals surface area contributed by atoms with Gasteiger partial charge in [0.2, 0.25) is 0 Å². The fraction of sp³-hybridized carbons (Fsp3) is 0.250. The Morgan fingerprint density at radius 2 is 2.27 bits per heavy atom. The van der Waals surface area contributed by atoms with Crippen LogP contribution in [0.25, 0.3) is 6.08 Å². The van der Waals surface area contributed by atoms with E-state index in [1.54, 1.807) is 13.2 Å². The molecule has 0 aliphatic heterocycles. The van der Waals surface area contributed by atoms with Gasteiger partial charge in [0.25, 0.3) is 0 Å². The first-order chi connectivity index (χ1) is 7.33. The van der Waals surface area contributed by atoms with Crippen molar-refractivity contribution < 1.29 is 9.47 Å². The van der Waals surface area contributed by atoms with Crippen LogP contribution in [0.15, 0.2) is 24.3 Å². The molecular formula is C12H13NO2. The van der Waals surface area contributed by atoms with Crippen molar-refractivity contribution in [2.24, 2.45) is 0 Å². The Kier molecular flexibility index (Phi) is 4.24. The summed E-state index contributed by atoms with van der Waals surface area (Å²) in [6, 6.07) is 7.52. The van der Waals surface area contributed by atoms with Crippen LogP contribution in [0.5, 0.6) is 11.5 Å². The van der Waals surface area contributed by atoms with Gasteiger partial charge in [0.1, 0.15) is 0 Å². The number of allylic oxidation sites excluding steroid dienone is 1. The van der Waals surface area contributed by atoms with Crippen molar-refractivity contribution in [1.29, 1.82) is 5.26 Å². The molecule has 0 amide bonds. The van der Waals surface area contributed by atoms with Gasteiger partial charge in [-0.25, -0.2) is 0 Å². The van der Waals surface area contributed by atoms with Gasteiger partial charge in [-0.1, -0.05) is 12.1 Å². The summed E-state index contributed by atoms with van der Waals surface area (Å²) in [5.74, 6) is 1.35. The van der Waals surface area contributed by atoms with Crippen LogP contribution >= 0.6 is 0 Å². The van der Waals surface area contributed by atoms with Crippen LogP contribution in [0.4, 0.5) is 0 Å². The molecule has 3 nitrogen and oxygen atoms in total. The molecule has 0 saturated heterocycles. The Hall–Kier alpha value is -1.95. The van der Waals surface area contributed by atoms with Gasteiger partial charge in [0.05, 0.1) is 19.8 Å². The summed E-state index contributed by atoms with van der Waals surface area (Å²) in [5.41, 5.74) is 0.838. The molecule has 0 radical (unpaired) electrons. The first-order valence-corrected chi connectivity index (χ1v) is 4.69. The molecule has 0 atom stereocenters. The normalized spacial score (nSPS) is 9.93. The predicted molar refractivity (Wildman–Crippen MR) is 58.8 cm³/mol. The zero-order chi connectivity index (χ0) is 11.1. The molecule has 0 fully saturated rings. The lowest BCUT2D eigenvalue weighted by Gasteiger charge is -2.11. The van der Waals surface area contributed by atoms with E-state index in [1.165, 1.54) is 6.08 Å². The maximum absolute atomic E-state index is 8.45. The molecule has 0 aliphatic rings. The highest BCUT2D eigenvalue weighted by Gasteiger charge is 2.06. The van der Waals surface area contributed by atoms with E-state index in [0.717, 1.165) is 5.56 Å². The molecule has 15 heavy (non-hydrogen) atoms. The van der Waals surface area contributed by atoms with E-state index in [1.807, 2.05) is 31.2 Å². The number of hydrogen-bond acceptors (Lipinski definition) is 3. The molecule has 0 saturated carbocycles. The molecule has 0 N–H and O–H groups in total. The number of ether oxygens (including phenoxy) is 2. The molecule has 0 heterocycles. The van der Waals surface area contributed by atoms with E-state index in [-0.39, 0.29) is 0 Å². The minimum Gasteiger partial charge on any atom is -0.492 e. The third-order valence-electron chi connectivity index (χ3n) is 1.85. The Morgan fingerprint density at radius 3 is 2.87 bits per heavy atom. The van der Waals surface area contributed by atoms with Crippen LogP contribution in [-0.2, 0) is 0 Å². The van der Waals surface area contributed by atoms with Gasteiger partial charge in [0.15, 0.2) is 11.5 Å². The smallest absolute Gasteiger partial charge is 0.167 e. The van der Waals surface area contributed by atoms with Crippen LogP contribution in [-0.4, -0.2) is 13.7 Å². The summed E-state index contributed by atoms with van der Waals surface area (Å²) in [6.07, 6.45) is 3.11. The van der Waals surface area contributed by atoms with Crippen LogP contribution in [0.3, 0.4) is 0 Å². The number of rotatable bonds is 4. The van der Waals surface area contributed by atoms with E-state index < -0.39 is 0 Å². The number of para-hydroxylation sites is 1. The lowest BCUT2D eigenvalue weighted by Crippen LogP contribution is -1.96. The van der Waals surface area contributed by atoms with Crippen LogP contribution in [0, 0.1) is 11.3 Å². The summed E-state index contributed by atoms with van der Waals surface area (Å²) in [6.45, 7) is 2.50. The lowest BCUT2D eigenvalue weighted by molar-refractivity contribution is 0.310. The molecule has 78 valence electrons. The van der Waals surface area contributed by atoms with Crippen LogP contribution < -0.4 is 9.47 Å². The largest absolute Gasteiger partial charge is 0.492 e. The van der Waals surface area contributed by atoms with Gasteiger partial charge in [-0.05, 0) is 19.1 Å². The van der Waals surface area contributed by atoms with Gasteiger partial charge in [-0.2, -0.15) is 5.26 Å². The summed E-state index contributed by atoms with van der Waals surface area (Å²) in [5, 5.41) is 8.45. The highest BCUT2D eigenvalue weighted by atomic mass is 16.5. The van der Waals surface area contributed by atoms with E-state index in [4.69, 9.17) is 14.7 Å². The monoisotopic (exact) mass is 203 g/mol. The maximum Gasteiger partial charge on any atom is 0.167 e. The Balaban J connectivity index is 3.11. The minimum atomic E-state index is 0.585. The van der Waals surface area contributed by atoms with Crippen LogP contribution in [0.2, 0.25) is 0 Å². The first kappa shape index (κ1) is 11.1. The van der Waals surface area contributed by atoms with Gasteiger partial charge in [-0.3, -0.25) is 0 Å². The average Bonchev–Trinajstić information content (AvgIpc) is 2.27. The number of nitrogens with zero attached hydrogens (tertiary/aromatic N) is 1. The number of benzene rings is 1. The van der Waals surface area contributed by atoms with Gasteiger partial charge < -0.3 is 9.47 Å². The van der Waals surface area contributed by atoms with E-state index in [9.17, 15) is 0 Å². The summed E-state index contributed by atoms with van der Waals surface area (Å²) >= 11 is 0. The van der Waals surface area contributed by atoms with Crippen molar-refractivity contribution in [2.45, 2.75) is 6.92 Å². The quantitative estimate of drug-likeness (QED) is 0.706. The fourth-order valence-electron chi connectivity index (χ4n) is 1.28. The zero-order valence-corrected chi connectivity index (χ0v) is 8.86. The molecule has 0 unspecified atom stereocenters.